The normalized spacial score (nSPS) is 17.2. The molecule has 4 nitrogen and oxygen atoms in total. The molecule has 0 spiro atoms. The summed E-state index contributed by atoms with van der Waals surface area (Å²) < 4.78 is 29.7. The van der Waals surface area contributed by atoms with Gasteiger partial charge >= 0.3 is 0 Å². The van der Waals surface area contributed by atoms with Crippen molar-refractivity contribution in [2.45, 2.75) is 30.8 Å². The average molecular weight is 268 g/mol. The zero-order valence-electron chi connectivity index (χ0n) is 10.6. The van der Waals surface area contributed by atoms with Gasteiger partial charge in [0.2, 0.25) is 9.84 Å². The van der Waals surface area contributed by atoms with Crippen LogP contribution in [0.1, 0.15) is 25.8 Å². The van der Waals surface area contributed by atoms with Gasteiger partial charge in [0.25, 0.3) is 0 Å². The lowest BCUT2D eigenvalue weighted by Gasteiger charge is -2.17. The molecule has 98 valence electrons. The molecule has 0 aromatic heterocycles. The molecule has 1 aromatic rings. The monoisotopic (exact) mass is 268 g/mol. The summed E-state index contributed by atoms with van der Waals surface area (Å²) in [7, 11) is -1.99. The highest BCUT2D eigenvalue weighted by Crippen LogP contribution is 2.40. The summed E-state index contributed by atoms with van der Waals surface area (Å²) in [4.78, 5) is 0.482. The minimum Gasteiger partial charge on any atom is -0.496 e. The van der Waals surface area contributed by atoms with Crippen molar-refractivity contribution in [1.29, 1.82) is 0 Å². The van der Waals surface area contributed by atoms with Crippen LogP contribution < -0.4 is 4.74 Å². The number of fused-ring (bicyclic) bond motifs is 1. The standard InChI is InChI=1S/C13H16O4S/c1-13(2,14)8-9-7-10-11(17-3)5-4-6-12(10)18(9,15)16/h4-7,14H,8H2,1-3H3. The molecule has 1 aromatic carbocycles. The van der Waals surface area contributed by atoms with Crippen molar-refractivity contribution in [1.82, 2.24) is 0 Å². The third-order valence-corrected chi connectivity index (χ3v) is 4.68. The molecule has 0 saturated carbocycles. The van der Waals surface area contributed by atoms with Crippen LogP contribution in [-0.4, -0.2) is 26.2 Å². The number of benzene rings is 1. The molecule has 0 amide bonds. The first kappa shape index (κ1) is 13.1. The molecule has 1 aliphatic rings. The number of ether oxygens (including phenoxy) is 1. The Morgan fingerprint density at radius 2 is 2.00 bits per heavy atom. The summed E-state index contributed by atoms with van der Waals surface area (Å²) >= 11 is 0. The van der Waals surface area contributed by atoms with E-state index in [4.69, 9.17) is 4.74 Å². The van der Waals surface area contributed by atoms with Crippen molar-refractivity contribution in [3.63, 3.8) is 0 Å². The molecule has 0 fully saturated rings. The number of hydrogen-bond donors (Lipinski definition) is 1. The van der Waals surface area contributed by atoms with Gasteiger partial charge in [-0.15, -0.1) is 0 Å². The van der Waals surface area contributed by atoms with Crippen LogP contribution in [0.4, 0.5) is 0 Å². The molecule has 0 atom stereocenters. The number of sulfone groups is 1. The fraction of sp³-hybridized carbons (Fsp3) is 0.385. The van der Waals surface area contributed by atoms with Crippen LogP contribution in [0.25, 0.3) is 6.08 Å². The third-order valence-electron chi connectivity index (χ3n) is 2.79. The van der Waals surface area contributed by atoms with Crippen molar-refractivity contribution in [2.24, 2.45) is 0 Å². The SMILES string of the molecule is COc1cccc2c1C=C(CC(C)(C)O)S2(=O)=O. The second-order valence-corrected chi connectivity index (χ2v) is 6.95. The fourth-order valence-electron chi connectivity index (χ4n) is 2.03. The molecular weight excluding hydrogens is 252 g/mol. The van der Waals surface area contributed by atoms with E-state index in [0.717, 1.165) is 0 Å². The second-order valence-electron chi connectivity index (χ2n) is 4.98. The molecule has 5 heteroatoms. The van der Waals surface area contributed by atoms with Crippen LogP contribution in [0.15, 0.2) is 28.0 Å². The van der Waals surface area contributed by atoms with E-state index < -0.39 is 15.4 Å². The Labute approximate surface area is 107 Å². The van der Waals surface area contributed by atoms with Gasteiger partial charge < -0.3 is 9.84 Å². The Morgan fingerprint density at radius 3 is 2.56 bits per heavy atom. The third kappa shape index (κ3) is 2.15. The van der Waals surface area contributed by atoms with Crippen molar-refractivity contribution in [3.05, 3.63) is 28.7 Å². The molecule has 0 radical (unpaired) electrons. The fourth-order valence-corrected chi connectivity index (χ4v) is 3.84. The van der Waals surface area contributed by atoms with Crippen molar-refractivity contribution < 1.29 is 18.3 Å². The van der Waals surface area contributed by atoms with Gasteiger partial charge in [-0.05, 0) is 32.1 Å². The van der Waals surface area contributed by atoms with E-state index in [9.17, 15) is 13.5 Å². The summed E-state index contributed by atoms with van der Waals surface area (Å²) in [6.07, 6.45) is 1.68. The first-order valence-electron chi connectivity index (χ1n) is 5.61. The highest BCUT2D eigenvalue weighted by atomic mass is 32.2. The molecule has 0 unspecified atom stereocenters. The van der Waals surface area contributed by atoms with Crippen molar-refractivity contribution >= 4 is 15.9 Å². The van der Waals surface area contributed by atoms with Gasteiger partial charge in [-0.3, -0.25) is 0 Å². The molecule has 1 heterocycles. The largest absolute Gasteiger partial charge is 0.496 e. The molecule has 1 aliphatic heterocycles. The highest BCUT2D eigenvalue weighted by Gasteiger charge is 2.34. The number of methoxy groups -OCH3 is 1. The van der Waals surface area contributed by atoms with Crippen LogP contribution in [0.5, 0.6) is 5.75 Å². The maximum absolute atomic E-state index is 12.3. The summed E-state index contributed by atoms with van der Waals surface area (Å²) in [5.74, 6) is 0.529. The van der Waals surface area contributed by atoms with Crippen LogP contribution >= 0.6 is 0 Å². The zero-order valence-corrected chi connectivity index (χ0v) is 11.4. The van der Waals surface area contributed by atoms with E-state index in [1.165, 1.54) is 7.11 Å². The molecule has 0 saturated heterocycles. The first-order valence-corrected chi connectivity index (χ1v) is 7.09. The molecule has 0 bridgehead atoms. The second kappa shape index (κ2) is 4.10. The first-order chi connectivity index (χ1) is 8.25. The molecular formula is C13H16O4S. The van der Waals surface area contributed by atoms with Crippen LogP contribution in [0.2, 0.25) is 0 Å². The molecule has 18 heavy (non-hydrogen) atoms. The Bertz CT molecular complexity index is 606. The zero-order chi connectivity index (χ0) is 13.6. The summed E-state index contributed by atoms with van der Waals surface area (Å²) in [5.41, 5.74) is -0.493. The van der Waals surface area contributed by atoms with E-state index in [0.29, 0.717) is 11.3 Å². The van der Waals surface area contributed by atoms with Crippen LogP contribution in [-0.2, 0) is 9.84 Å². The van der Waals surface area contributed by atoms with Gasteiger partial charge in [0, 0.05) is 12.0 Å². The molecule has 0 aliphatic carbocycles. The quantitative estimate of drug-likeness (QED) is 0.910. The minimum atomic E-state index is -3.49. The van der Waals surface area contributed by atoms with Gasteiger partial charge in [0.05, 0.1) is 22.5 Å². The van der Waals surface area contributed by atoms with E-state index in [-0.39, 0.29) is 16.2 Å². The average Bonchev–Trinajstić information content (AvgIpc) is 2.49. The van der Waals surface area contributed by atoms with Gasteiger partial charge in [-0.1, -0.05) is 6.07 Å². The lowest BCUT2D eigenvalue weighted by atomic mass is 10.0. The maximum atomic E-state index is 12.3. The highest BCUT2D eigenvalue weighted by molar-refractivity contribution is 7.95. The van der Waals surface area contributed by atoms with E-state index in [1.54, 1.807) is 38.1 Å². The lowest BCUT2D eigenvalue weighted by Crippen LogP contribution is -2.21. The number of aliphatic hydroxyl groups is 1. The van der Waals surface area contributed by atoms with Gasteiger partial charge in [0.1, 0.15) is 5.75 Å². The Morgan fingerprint density at radius 1 is 1.33 bits per heavy atom. The predicted molar refractivity (Wildman–Crippen MR) is 69.1 cm³/mol. The summed E-state index contributed by atoms with van der Waals surface area (Å²) in [6.45, 7) is 3.17. The number of hydrogen-bond acceptors (Lipinski definition) is 4. The molecule has 2 rings (SSSR count). The van der Waals surface area contributed by atoms with E-state index in [1.807, 2.05) is 0 Å². The Hall–Kier alpha value is -1.33. The lowest BCUT2D eigenvalue weighted by molar-refractivity contribution is 0.0829. The number of rotatable bonds is 3. The van der Waals surface area contributed by atoms with E-state index >= 15 is 0 Å². The Kier molecular flexibility index (Phi) is 2.99. The molecule has 1 N–H and O–H groups in total. The van der Waals surface area contributed by atoms with Crippen LogP contribution in [0.3, 0.4) is 0 Å². The van der Waals surface area contributed by atoms with Crippen molar-refractivity contribution in [2.75, 3.05) is 7.11 Å². The van der Waals surface area contributed by atoms with Crippen molar-refractivity contribution in [3.8, 4) is 5.75 Å². The van der Waals surface area contributed by atoms with Gasteiger partial charge in [0.15, 0.2) is 0 Å². The van der Waals surface area contributed by atoms with Gasteiger partial charge in [-0.2, -0.15) is 0 Å². The van der Waals surface area contributed by atoms with Crippen LogP contribution in [0, 0.1) is 0 Å². The predicted octanol–water partition coefficient (Wildman–Crippen LogP) is 1.98. The topological polar surface area (TPSA) is 63.6 Å². The summed E-state index contributed by atoms with van der Waals surface area (Å²) in [6, 6.07) is 4.93. The van der Waals surface area contributed by atoms with E-state index in [2.05, 4.69) is 0 Å². The van der Waals surface area contributed by atoms with Gasteiger partial charge in [-0.25, -0.2) is 8.42 Å². The Balaban J connectivity index is 2.56. The summed E-state index contributed by atoms with van der Waals surface area (Å²) in [5, 5.41) is 9.78. The minimum absolute atomic E-state index is 0.0904. The maximum Gasteiger partial charge on any atom is 0.203 e. The smallest absolute Gasteiger partial charge is 0.203 e.